The van der Waals surface area contributed by atoms with Gasteiger partial charge in [-0.25, -0.2) is 10.1 Å². The Kier molecular flexibility index (Phi) is 2.94. The maximum Gasteiger partial charge on any atom is 0.374 e. The van der Waals surface area contributed by atoms with E-state index < -0.39 is 6.87 Å². The lowest BCUT2D eigenvalue weighted by Gasteiger charge is -2.10. The van der Waals surface area contributed by atoms with Gasteiger partial charge in [0.1, 0.15) is 0 Å². The van der Waals surface area contributed by atoms with Crippen molar-refractivity contribution in [3.05, 3.63) is 0 Å². The zero-order valence-corrected chi connectivity index (χ0v) is 6.32. The fourth-order valence-corrected chi connectivity index (χ4v) is 1.04. The van der Waals surface area contributed by atoms with E-state index in [1.807, 2.05) is 0 Å². The van der Waals surface area contributed by atoms with Gasteiger partial charge in [0.25, 0.3) is 0 Å². The van der Waals surface area contributed by atoms with Crippen LogP contribution in [0.5, 0.6) is 0 Å². The molecule has 2 N–H and O–H groups in total. The first-order chi connectivity index (χ1) is 3.42. The standard InChI is InChI=1S/C2H8ClN2O2P/c1-5(2)7-8(3,4)6/h1-2H3,(H2,4,6). The van der Waals surface area contributed by atoms with E-state index in [2.05, 4.69) is 4.62 Å². The van der Waals surface area contributed by atoms with Crippen LogP contribution in [0.15, 0.2) is 0 Å². The van der Waals surface area contributed by atoms with Crippen LogP contribution < -0.4 is 5.50 Å². The number of rotatable bonds is 2. The molecular weight excluding hydrogens is 150 g/mol. The summed E-state index contributed by atoms with van der Waals surface area (Å²) < 4.78 is 14.7. The van der Waals surface area contributed by atoms with Crippen molar-refractivity contribution in [1.29, 1.82) is 0 Å². The van der Waals surface area contributed by atoms with Crippen molar-refractivity contribution in [2.45, 2.75) is 0 Å². The van der Waals surface area contributed by atoms with E-state index in [9.17, 15) is 4.57 Å². The number of halogens is 1. The number of nitrogens with zero attached hydrogens (tertiary/aromatic N) is 1. The van der Waals surface area contributed by atoms with Crippen molar-refractivity contribution < 1.29 is 9.19 Å². The molecule has 0 aromatic heterocycles. The Morgan fingerprint density at radius 2 is 2.12 bits per heavy atom. The van der Waals surface area contributed by atoms with E-state index in [-0.39, 0.29) is 0 Å². The van der Waals surface area contributed by atoms with Gasteiger partial charge < -0.3 is 0 Å². The van der Waals surface area contributed by atoms with E-state index >= 15 is 0 Å². The van der Waals surface area contributed by atoms with Crippen molar-refractivity contribution >= 4 is 18.1 Å². The zero-order chi connectivity index (χ0) is 6.78. The van der Waals surface area contributed by atoms with Crippen molar-refractivity contribution in [3.63, 3.8) is 0 Å². The molecule has 0 spiro atoms. The van der Waals surface area contributed by atoms with Gasteiger partial charge in [-0.15, -0.1) is 0 Å². The summed E-state index contributed by atoms with van der Waals surface area (Å²) in [7, 11) is 3.09. The van der Waals surface area contributed by atoms with Gasteiger partial charge in [0.15, 0.2) is 0 Å². The number of hydrogen-bond acceptors (Lipinski definition) is 3. The molecule has 0 heterocycles. The van der Waals surface area contributed by atoms with Gasteiger partial charge in [0.05, 0.1) is 0 Å². The van der Waals surface area contributed by atoms with Crippen molar-refractivity contribution in [3.8, 4) is 0 Å². The highest BCUT2D eigenvalue weighted by atomic mass is 35.7. The summed E-state index contributed by atoms with van der Waals surface area (Å²) in [6, 6.07) is 0. The second kappa shape index (κ2) is 2.80. The zero-order valence-electron chi connectivity index (χ0n) is 4.67. The van der Waals surface area contributed by atoms with Gasteiger partial charge in [0, 0.05) is 14.1 Å². The molecule has 1 atom stereocenters. The molecule has 0 aliphatic carbocycles. The van der Waals surface area contributed by atoms with Crippen molar-refractivity contribution in [1.82, 2.24) is 5.06 Å². The second-order valence-corrected chi connectivity index (χ2v) is 4.03. The van der Waals surface area contributed by atoms with Gasteiger partial charge in [0.2, 0.25) is 0 Å². The maximum atomic E-state index is 10.3. The molecule has 1 unspecified atom stereocenters. The van der Waals surface area contributed by atoms with Gasteiger partial charge in [-0.1, -0.05) is 0 Å². The Bertz CT molecular complexity index is 111. The second-order valence-electron chi connectivity index (χ2n) is 1.41. The summed E-state index contributed by atoms with van der Waals surface area (Å²) in [6.45, 7) is -3.32. The summed E-state index contributed by atoms with van der Waals surface area (Å²) in [4.78, 5) is 0. The third-order valence-corrected chi connectivity index (χ3v) is 1.01. The highest BCUT2D eigenvalue weighted by Crippen LogP contribution is 2.43. The molecule has 0 fully saturated rings. The monoisotopic (exact) mass is 158 g/mol. The number of hydrogen-bond donors (Lipinski definition) is 1. The molecule has 0 aliphatic rings. The van der Waals surface area contributed by atoms with Crippen LogP contribution in [-0.2, 0) is 9.19 Å². The van der Waals surface area contributed by atoms with Crippen LogP contribution >= 0.6 is 18.1 Å². The quantitative estimate of drug-likeness (QED) is 0.477. The van der Waals surface area contributed by atoms with Crippen LogP contribution in [0.3, 0.4) is 0 Å². The van der Waals surface area contributed by atoms with Crippen LogP contribution in [0.25, 0.3) is 0 Å². The summed E-state index contributed by atoms with van der Waals surface area (Å²) in [5.41, 5.74) is 4.79. The lowest BCUT2D eigenvalue weighted by molar-refractivity contribution is 0.00428. The van der Waals surface area contributed by atoms with Crippen molar-refractivity contribution in [2.75, 3.05) is 14.1 Å². The van der Waals surface area contributed by atoms with E-state index in [0.29, 0.717) is 0 Å². The molecule has 0 saturated heterocycles. The SMILES string of the molecule is CN(C)OP(N)(=O)Cl. The molecule has 0 radical (unpaired) electrons. The first-order valence-electron chi connectivity index (χ1n) is 1.87. The molecule has 0 aromatic rings. The molecule has 0 aromatic carbocycles. The summed E-state index contributed by atoms with van der Waals surface area (Å²) in [5.74, 6) is 0. The van der Waals surface area contributed by atoms with Crippen LogP contribution in [0.4, 0.5) is 0 Å². The normalized spacial score (nSPS) is 18.6. The molecule has 8 heavy (non-hydrogen) atoms. The smallest absolute Gasteiger partial charge is 0.255 e. The molecule has 50 valence electrons. The molecule has 0 rings (SSSR count). The Labute approximate surface area is 52.8 Å². The average Bonchev–Trinajstić information content (AvgIpc) is 1.21. The fourth-order valence-electron chi connectivity index (χ4n) is 0.223. The third kappa shape index (κ3) is 6.40. The van der Waals surface area contributed by atoms with E-state index in [4.69, 9.17) is 16.7 Å². The lowest BCUT2D eigenvalue weighted by atomic mass is 11.2. The van der Waals surface area contributed by atoms with E-state index in [1.165, 1.54) is 5.06 Å². The first kappa shape index (κ1) is 8.40. The van der Waals surface area contributed by atoms with Crippen LogP contribution in [0, 0.1) is 0 Å². The minimum absolute atomic E-state index is 1.19. The van der Waals surface area contributed by atoms with Gasteiger partial charge >= 0.3 is 6.87 Å². The maximum absolute atomic E-state index is 10.3. The number of hydroxylamine groups is 2. The Hall–Kier alpha value is 0.400. The largest absolute Gasteiger partial charge is 0.374 e. The lowest BCUT2D eigenvalue weighted by Crippen LogP contribution is -2.11. The molecule has 0 bridgehead atoms. The van der Waals surface area contributed by atoms with Gasteiger partial charge in [-0.05, 0) is 11.2 Å². The van der Waals surface area contributed by atoms with Crippen LogP contribution in [0.1, 0.15) is 0 Å². The molecule has 6 heteroatoms. The molecule has 0 aliphatic heterocycles. The Balaban J connectivity index is 3.56. The topological polar surface area (TPSA) is 55.6 Å². The molecule has 0 amide bonds. The van der Waals surface area contributed by atoms with Crippen LogP contribution in [0.2, 0.25) is 0 Å². The van der Waals surface area contributed by atoms with Gasteiger partial charge in [-0.3, -0.25) is 4.57 Å². The highest BCUT2D eigenvalue weighted by Gasteiger charge is 2.12. The van der Waals surface area contributed by atoms with E-state index in [0.717, 1.165) is 0 Å². The summed E-state index contributed by atoms with van der Waals surface area (Å²) >= 11 is 5.00. The number of nitrogens with two attached hydrogens (primary N) is 1. The molecular formula is C2H8ClN2O2P. The average molecular weight is 159 g/mol. The van der Waals surface area contributed by atoms with Crippen molar-refractivity contribution in [2.24, 2.45) is 5.50 Å². The fraction of sp³-hybridized carbons (Fsp3) is 1.00. The highest BCUT2D eigenvalue weighted by molar-refractivity contribution is 7.83. The summed E-state index contributed by atoms with van der Waals surface area (Å²) in [5, 5.41) is 1.19. The Morgan fingerprint density at radius 3 is 2.12 bits per heavy atom. The van der Waals surface area contributed by atoms with Crippen LogP contribution in [-0.4, -0.2) is 19.2 Å². The third-order valence-electron chi connectivity index (χ3n) is 0.275. The molecule has 0 saturated carbocycles. The van der Waals surface area contributed by atoms with Gasteiger partial charge in [-0.2, -0.15) is 5.06 Å². The minimum atomic E-state index is -3.32. The predicted octanol–water partition coefficient (Wildman–Crippen LogP) is 0.785. The first-order valence-corrected chi connectivity index (χ1v) is 4.47. The van der Waals surface area contributed by atoms with E-state index in [1.54, 1.807) is 14.1 Å². The minimum Gasteiger partial charge on any atom is -0.255 e. The predicted molar refractivity (Wildman–Crippen MR) is 32.4 cm³/mol. The summed E-state index contributed by atoms with van der Waals surface area (Å²) in [6.07, 6.45) is 0. The molecule has 4 nitrogen and oxygen atoms in total. The Morgan fingerprint density at radius 1 is 1.75 bits per heavy atom.